The molecule has 2 rings (SSSR count). The van der Waals surface area contributed by atoms with E-state index in [9.17, 15) is 9.59 Å². The fraction of sp³-hybridized carbons (Fsp3) is 0.286. The number of carbonyl (C=O) groups is 2. The van der Waals surface area contributed by atoms with E-state index < -0.39 is 12.0 Å². The number of para-hydroxylation sites is 1. The molecule has 1 aromatic carbocycles. The maximum Gasteiger partial charge on any atom is 0.326 e. The number of benzene rings is 1. The summed E-state index contributed by atoms with van der Waals surface area (Å²) in [4.78, 5) is 27.8. The van der Waals surface area contributed by atoms with E-state index >= 15 is 0 Å². The van der Waals surface area contributed by atoms with Gasteiger partial charge in [-0.25, -0.2) is 4.79 Å². The van der Waals surface area contributed by atoms with Crippen molar-refractivity contribution in [1.29, 1.82) is 0 Å². The Kier molecular flexibility index (Phi) is 3.55. The Morgan fingerprint density at radius 2 is 2.05 bits per heavy atom. The molecule has 2 N–H and O–H groups in total. The summed E-state index contributed by atoms with van der Waals surface area (Å²) in [5, 5.41) is 9.91. The highest BCUT2D eigenvalue weighted by atomic mass is 16.4. The number of amides is 1. The maximum atomic E-state index is 12.4. The van der Waals surface area contributed by atoms with Crippen LogP contribution in [0.4, 0.5) is 0 Å². The Labute approximate surface area is 110 Å². The molecule has 1 unspecified atom stereocenters. The van der Waals surface area contributed by atoms with Gasteiger partial charge in [-0.1, -0.05) is 25.1 Å². The summed E-state index contributed by atoms with van der Waals surface area (Å²) in [6, 6.07) is 6.64. The number of aliphatic carboxylic acids is 1. The molecule has 0 spiro atoms. The number of carboxylic acid groups (broad SMARTS) is 1. The predicted molar refractivity (Wildman–Crippen MR) is 72.1 cm³/mol. The molecule has 0 aliphatic carbocycles. The Morgan fingerprint density at radius 3 is 2.68 bits per heavy atom. The molecule has 1 heterocycles. The number of hydrogen-bond acceptors (Lipinski definition) is 2. The van der Waals surface area contributed by atoms with E-state index in [-0.39, 0.29) is 5.91 Å². The molecule has 19 heavy (non-hydrogen) atoms. The van der Waals surface area contributed by atoms with Crippen LogP contribution in [0.15, 0.2) is 30.5 Å². The SMILES string of the molecule is CCC(C(=O)O)N(C)C(=O)c1c[nH]c2ccccc12. The van der Waals surface area contributed by atoms with Crippen LogP contribution in [0, 0.1) is 0 Å². The maximum absolute atomic E-state index is 12.4. The Bertz CT molecular complexity index is 618. The Hall–Kier alpha value is -2.30. The largest absolute Gasteiger partial charge is 0.480 e. The lowest BCUT2D eigenvalue weighted by atomic mass is 10.1. The molecule has 5 nitrogen and oxygen atoms in total. The van der Waals surface area contributed by atoms with Gasteiger partial charge in [0.2, 0.25) is 0 Å². The van der Waals surface area contributed by atoms with E-state index in [2.05, 4.69) is 4.98 Å². The van der Waals surface area contributed by atoms with Crippen molar-refractivity contribution in [3.63, 3.8) is 0 Å². The smallest absolute Gasteiger partial charge is 0.326 e. The average Bonchev–Trinajstić information content (AvgIpc) is 2.82. The number of carbonyl (C=O) groups excluding carboxylic acids is 1. The topological polar surface area (TPSA) is 73.4 Å². The second-order valence-electron chi connectivity index (χ2n) is 4.43. The number of aromatic amines is 1. The minimum Gasteiger partial charge on any atom is -0.480 e. The van der Waals surface area contributed by atoms with Crippen molar-refractivity contribution in [2.75, 3.05) is 7.05 Å². The predicted octanol–water partition coefficient (Wildman–Crippen LogP) is 2.10. The van der Waals surface area contributed by atoms with Crippen molar-refractivity contribution in [1.82, 2.24) is 9.88 Å². The molecule has 0 bridgehead atoms. The minimum atomic E-state index is -0.988. The summed E-state index contributed by atoms with van der Waals surface area (Å²) in [6.45, 7) is 1.75. The van der Waals surface area contributed by atoms with Crippen LogP contribution in [0.25, 0.3) is 10.9 Å². The van der Waals surface area contributed by atoms with Crippen LogP contribution in [-0.2, 0) is 4.79 Å². The third-order valence-electron chi connectivity index (χ3n) is 3.28. The molecule has 0 saturated carbocycles. The van der Waals surface area contributed by atoms with Gasteiger partial charge in [0.1, 0.15) is 6.04 Å². The van der Waals surface area contributed by atoms with Gasteiger partial charge in [-0.3, -0.25) is 4.79 Å². The van der Waals surface area contributed by atoms with E-state index in [4.69, 9.17) is 5.11 Å². The van der Waals surface area contributed by atoms with Gasteiger partial charge in [0.15, 0.2) is 0 Å². The molecule has 2 aromatic rings. The molecule has 1 amide bonds. The molecule has 100 valence electrons. The Balaban J connectivity index is 2.36. The van der Waals surface area contributed by atoms with Crippen molar-refractivity contribution in [2.24, 2.45) is 0 Å². The van der Waals surface area contributed by atoms with Gasteiger partial charge in [-0.2, -0.15) is 0 Å². The number of nitrogens with one attached hydrogen (secondary N) is 1. The lowest BCUT2D eigenvalue weighted by Gasteiger charge is -2.23. The first-order valence-electron chi connectivity index (χ1n) is 6.12. The minimum absolute atomic E-state index is 0.285. The third-order valence-corrected chi connectivity index (χ3v) is 3.28. The van der Waals surface area contributed by atoms with Gasteiger partial charge in [-0.15, -0.1) is 0 Å². The molecular weight excluding hydrogens is 244 g/mol. The van der Waals surface area contributed by atoms with Gasteiger partial charge in [0.25, 0.3) is 5.91 Å². The molecule has 1 atom stereocenters. The number of hydrogen-bond donors (Lipinski definition) is 2. The highest BCUT2D eigenvalue weighted by molar-refractivity contribution is 6.07. The standard InChI is InChI=1S/C14H16N2O3/c1-3-12(14(18)19)16(2)13(17)10-8-15-11-7-5-4-6-9(10)11/h4-8,12,15H,3H2,1-2H3,(H,18,19). The van der Waals surface area contributed by atoms with Crippen LogP contribution in [0.3, 0.4) is 0 Å². The van der Waals surface area contributed by atoms with Gasteiger partial charge in [0.05, 0.1) is 5.56 Å². The highest BCUT2D eigenvalue weighted by Gasteiger charge is 2.26. The van der Waals surface area contributed by atoms with Crippen LogP contribution in [-0.4, -0.2) is 40.0 Å². The zero-order valence-corrected chi connectivity index (χ0v) is 10.9. The summed E-state index contributed by atoms with van der Waals surface area (Å²) in [5.74, 6) is -1.27. The van der Waals surface area contributed by atoms with Crippen LogP contribution in [0.5, 0.6) is 0 Å². The van der Waals surface area contributed by atoms with Gasteiger partial charge in [0, 0.05) is 24.1 Å². The monoisotopic (exact) mass is 260 g/mol. The second kappa shape index (κ2) is 5.14. The van der Waals surface area contributed by atoms with E-state index in [0.29, 0.717) is 12.0 Å². The van der Waals surface area contributed by atoms with Gasteiger partial charge >= 0.3 is 5.97 Å². The molecule has 0 radical (unpaired) electrons. The number of nitrogens with zero attached hydrogens (tertiary/aromatic N) is 1. The summed E-state index contributed by atoms with van der Waals surface area (Å²) < 4.78 is 0. The lowest BCUT2D eigenvalue weighted by molar-refractivity contribution is -0.142. The van der Waals surface area contributed by atoms with Crippen LogP contribution >= 0.6 is 0 Å². The normalized spacial score (nSPS) is 12.3. The molecule has 0 saturated heterocycles. The number of fused-ring (bicyclic) bond motifs is 1. The first kappa shape index (κ1) is 13.1. The van der Waals surface area contributed by atoms with E-state index in [1.165, 1.54) is 11.9 Å². The van der Waals surface area contributed by atoms with E-state index in [1.54, 1.807) is 13.1 Å². The van der Waals surface area contributed by atoms with Crippen molar-refractivity contribution < 1.29 is 14.7 Å². The van der Waals surface area contributed by atoms with E-state index in [1.807, 2.05) is 24.3 Å². The zero-order valence-electron chi connectivity index (χ0n) is 10.9. The fourth-order valence-electron chi connectivity index (χ4n) is 2.19. The quantitative estimate of drug-likeness (QED) is 0.884. The lowest BCUT2D eigenvalue weighted by Crippen LogP contribution is -2.41. The van der Waals surface area contributed by atoms with Crippen molar-refractivity contribution in [3.8, 4) is 0 Å². The third kappa shape index (κ3) is 2.31. The number of rotatable bonds is 4. The van der Waals surface area contributed by atoms with Crippen LogP contribution in [0.1, 0.15) is 23.7 Å². The van der Waals surface area contributed by atoms with Gasteiger partial charge < -0.3 is 15.0 Å². The number of aromatic nitrogens is 1. The van der Waals surface area contributed by atoms with Crippen molar-refractivity contribution >= 4 is 22.8 Å². The molecule has 0 aliphatic rings. The highest BCUT2D eigenvalue weighted by Crippen LogP contribution is 2.20. The first-order chi connectivity index (χ1) is 9.06. The summed E-state index contributed by atoms with van der Waals surface area (Å²) in [5.41, 5.74) is 1.36. The Morgan fingerprint density at radius 1 is 1.37 bits per heavy atom. The number of H-pyrrole nitrogens is 1. The number of carboxylic acids is 1. The van der Waals surface area contributed by atoms with Gasteiger partial charge in [-0.05, 0) is 12.5 Å². The molecule has 5 heteroatoms. The number of likely N-dealkylation sites (N-methyl/N-ethyl adjacent to an activating group) is 1. The molecule has 0 aliphatic heterocycles. The fourth-order valence-corrected chi connectivity index (χ4v) is 2.19. The first-order valence-corrected chi connectivity index (χ1v) is 6.12. The summed E-state index contributed by atoms with van der Waals surface area (Å²) in [6.07, 6.45) is 2.00. The summed E-state index contributed by atoms with van der Waals surface area (Å²) in [7, 11) is 1.52. The molecule has 1 aromatic heterocycles. The van der Waals surface area contributed by atoms with Crippen molar-refractivity contribution in [2.45, 2.75) is 19.4 Å². The van der Waals surface area contributed by atoms with Crippen LogP contribution in [0.2, 0.25) is 0 Å². The van der Waals surface area contributed by atoms with E-state index in [0.717, 1.165) is 10.9 Å². The second-order valence-corrected chi connectivity index (χ2v) is 4.43. The average molecular weight is 260 g/mol. The molecule has 0 fully saturated rings. The molecular formula is C14H16N2O3. The zero-order chi connectivity index (χ0) is 14.0. The summed E-state index contributed by atoms with van der Waals surface area (Å²) >= 11 is 0. The van der Waals surface area contributed by atoms with Crippen LogP contribution < -0.4 is 0 Å². The van der Waals surface area contributed by atoms with Crippen molar-refractivity contribution in [3.05, 3.63) is 36.0 Å².